The first kappa shape index (κ1) is 26.3. The lowest BCUT2D eigenvalue weighted by molar-refractivity contribution is -0.136. The minimum absolute atomic E-state index is 0.00627. The molecule has 7 heteroatoms. The molecule has 0 aliphatic carbocycles. The summed E-state index contributed by atoms with van der Waals surface area (Å²) in [5.41, 5.74) is 3.75. The summed E-state index contributed by atoms with van der Waals surface area (Å²) in [6.45, 7) is 5.47. The van der Waals surface area contributed by atoms with Gasteiger partial charge in [0.15, 0.2) is 0 Å². The second kappa shape index (κ2) is 11.5. The Hall–Kier alpha value is -4.78. The van der Waals surface area contributed by atoms with E-state index in [1.165, 1.54) is 13.2 Å². The summed E-state index contributed by atoms with van der Waals surface area (Å²) in [6, 6.07) is 20.6. The summed E-state index contributed by atoms with van der Waals surface area (Å²) in [6.07, 6.45) is 4.69. The molecule has 0 fully saturated rings. The smallest absolute Gasteiger partial charge is 0.354 e. The highest BCUT2D eigenvalue weighted by Crippen LogP contribution is 2.25. The van der Waals surface area contributed by atoms with E-state index in [0.29, 0.717) is 27.8 Å². The third-order valence-corrected chi connectivity index (χ3v) is 6.33. The van der Waals surface area contributed by atoms with Crippen molar-refractivity contribution in [2.45, 2.75) is 26.8 Å². The van der Waals surface area contributed by atoms with E-state index in [9.17, 15) is 14.4 Å². The molecule has 0 saturated heterocycles. The third kappa shape index (κ3) is 5.78. The Labute approximate surface area is 221 Å². The van der Waals surface area contributed by atoms with Gasteiger partial charge in [-0.1, -0.05) is 42.5 Å². The van der Waals surface area contributed by atoms with Gasteiger partial charge < -0.3 is 15.4 Å². The van der Waals surface area contributed by atoms with Gasteiger partial charge in [-0.3, -0.25) is 14.6 Å². The molecule has 1 heterocycles. The van der Waals surface area contributed by atoms with E-state index >= 15 is 0 Å². The van der Waals surface area contributed by atoms with Crippen molar-refractivity contribution in [3.05, 3.63) is 118 Å². The first-order valence-electron chi connectivity index (χ1n) is 12.2. The van der Waals surface area contributed by atoms with Crippen molar-refractivity contribution in [2.24, 2.45) is 0 Å². The van der Waals surface area contributed by atoms with Crippen molar-refractivity contribution < 1.29 is 19.1 Å². The van der Waals surface area contributed by atoms with Gasteiger partial charge >= 0.3 is 5.97 Å². The first-order valence-corrected chi connectivity index (χ1v) is 12.2. The molecule has 0 spiro atoms. The number of ether oxygens (including phenoxy) is 1. The lowest BCUT2D eigenvalue weighted by Gasteiger charge is -2.18. The fraction of sp³-hybridized carbons (Fsp3) is 0.161. The number of fused-ring (bicyclic) bond motifs is 1. The number of methoxy groups -OCH3 is 1. The summed E-state index contributed by atoms with van der Waals surface area (Å²) < 4.78 is 4.84. The van der Waals surface area contributed by atoms with Crippen LogP contribution < -0.4 is 10.6 Å². The second-order valence-electron chi connectivity index (χ2n) is 9.03. The van der Waals surface area contributed by atoms with Crippen LogP contribution in [-0.4, -0.2) is 29.9 Å². The van der Waals surface area contributed by atoms with E-state index in [1.54, 1.807) is 50.5 Å². The molecule has 4 aromatic rings. The second-order valence-corrected chi connectivity index (χ2v) is 9.03. The van der Waals surface area contributed by atoms with E-state index in [4.69, 9.17) is 4.74 Å². The Bertz CT molecular complexity index is 1520. The molecular formula is C31H29N3O4. The molecule has 0 aliphatic rings. The molecule has 3 aromatic carbocycles. The van der Waals surface area contributed by atoms with Crippen LogP contribution in [0.15, 0.2) is 84.8 Å². The van der Waals surface area contributed by atoms with Crippen molar-refractivity contribution >= 4 is 34.6 Å². The number of aryl methyl sites for hydroxylation is 2. The van der Waals surface area contributed by atoms with Crippen LogP contribution in [0.4, 0.5) is 0 Å². The predicted molar refractivity (Wildman–Crippen MR) is 147 cm³/mol. The average Bonchev–Trinajstić information content (AvgIpc) is 2.92. The van der Waals surface area contributed by atoms with Crippen LogP contribution >= 0.6 is 0 Å². The van der Waals surface area contributed by atoms with Gasteiger partial charge in [0, 0.05) is 23.5 Å². The van der Waals surface area contributed by atoms with Crippen molar-refractivity contribution in [1.82, 2.24) is 15.6 Å². The molecule has 38 heavy (non-hydrogen) atoms. The first-order chi connectivity index (χ1) is 18.3. The number of carbonyl (C=O) groups is 3. The van der Waals surface area contributed by atoms with Crippen LogP contribution in [0, 0.1) is 13.8 Å². The topological polar surface area (TPSA) is 97.4 Å². The molecule has 0 bridgehead atoms. The molecule has 1 aromatic heterocycles. The van der Waals surface area contributed by atoms with Crippen molar-refractivity contribution in [3.8, 4) is 0 Å². The Morgan fingerprint density at radius 1 is 0.895 bits per heavy atom. The summed E-state index contributed by atoms with van der Waals surface area (Å²) >= 11 is 0. The van der Waals surface area contributed by atoms with Gasteiger partial charge in [0.1, 0.15) is 5.70 Å². The predicted octanol–water partition coefficient (Wildman–Crippen LogP) is 5.29. The standard InChI is InChI=1S/C31H29N3O4/c1-19-16-24(29(35)33-21(3)25-11-7-9-23-8-5-6-10-26(23)25)17-20(2)28(19)30(36)34-27(31(37)38-4)18-22-12-14-32-15-13-22/h5-18,21H,1-4H3,(H,33,35)(H,34,36)/t21-/m1/s1. The molecule has 192 valence electrons. The van der Waals surface area contributed by atoms with Gasteiger partial charge in [0.2, 0.25) is 0 Å². The van der Waals surface area contributed by atoms with Crippen LogP contribution in [0.25, 0.3) is 16.8 Å². The van der Waals surface area contributed by atoms with Gasteiger partial charge in [0.05, 0.1) is 13.2 Å². The van der Waals surface area contributed by atoms with Gasteiger partial charge in [0.25, 0.3) is 11.8 Å². The van der Waals surface area contributed by atoms with Gasteiger partial charge in [-0.05, 0) is 84.1 Å². The summed E-state index contributed by atoms with van der Waals surface area (Å²) in [5, 5.41) is 7.93. The zero-order valence-corrected chi connectivity index (χ0v) is 21.7. The van der Waals surface area contributed by atoms with Crippen LogP contribution in [0.5, 0.6) is 0 Å². The molecule has 4 rings (SSSR count). The van der Waals surface area contributed by atoms with Gasteiger partial charge in [-0.15, -0.1) is 0 Å². The van der Waals surface area contributed by atoms with Gasteiger partial charge in [-0.25, -0.2) is 4.79 Å². The lowest BCUT2D eigenvalue weighted by atomic mass is 9.97. The Morgan fingerprint density at radius 2 is 1.55 bits per heavy atom. The molecule has 1 atom stereocenters. The van der Waals surface area contributed by atoms with E-state index in [0.717, 1.165) is 16.3 Å². The van der Waals surface area contributed by atoms with Crippen molar-refractivity contribution in [3.63, 3.8) is 0 Å². The fourth-order valence-corrected chi connectivity index (χ4v) is 4.51. The number of carbonyl (C=O) groups excluding carboxylic acids is 3. The highest BCUT2D eigenvalue weighted by Gasteiger charge is 2.21. The highest BCUT2D eigenvalue weighted by molar-refractivity contribution is 6.05. The number of hydrogen-bond donors (Lipinski definition) is 2. The number of pyridine rings is 1. The number of rotatable bonds is 7. The maximum atomic E-state index is 13.2. The maximum Gasteiger partial charge on any atom is 0.354 e. The molecule has 7 nitrogen and oxygen atoms in total. The number of nitrogens with zero attached hydrogens (tertiary/aromatic N) is 1. The molecule has 0 unspecified atom stereocenters. The average molecular weight is 508 g/mol. The molecule has 2 N–H and O–H groups in total. The maximum absolute atomic E-state index is 13.2. The minimum Gasteiger partial charge on any atom is -0.464 e. The quantitative estimate of drug-likeness (QED) is 0.262. The summed E-state index contributed by atoms with van der Waals surface area (Å²) in [5.74, 6) is -1.39. The number of aromatic nitrogens is 1. The van der Waals surface area contributed by atoms with Crippen molar-refractivity contribution in [1.29, 1.82) is 0 Å². The summed E-state index contributed by atoms with van der Waals surface area (Å²) in [4.78, 5) is 42.7. The number of esters is 1. The molecular weight excluding hydrogens is 478 g/mol. The Kier molecular flexibility index (Phi) is 7.97. The normalized spacial score (nSPS) is 12.1. The van der Waals surface area contributed by atoms with Crippen LogP contribution in [-0.2, 0) is 9.53 Å². The largest absolute Gasteiger partial charge is 0.464 e. The van der Waals surface area contributed by atoms with Crippen LogP contribution in [0.1, 0.15) is 55.9 Å². The van der Waals surface area contributed by atoms with E-state index in [-0.39, 0.29) is 17.6 Å². The Balaban J connectivity index is 1.55. The third-order valence-electron chi connectivity index (χ3n) is 6.33. The zero-order chi connectivity index (χ0) is 27.2. The Morgan fingerprint density at radius 3 is 2.24 bits per heavy atom. The fourth-order valence-electron chi connectivity index (χ4n) is 4.51. The molecule has 0 saturated carbocycles. The molecule has 2 amide bonds. The highest BCUT2D eigenvalue weighted by atomic mass is 16.5. The van der Waals surface area contributed by atoms with Crippen LogP contribution in [0.3, 0.4) is 0 Å². The van der Waals surface area contributed by atoms with E-state index in [1.807, 2.05) is 49.4 Å². The van der Waals surface area contributed by atoms with Crippen LogP contribution in [0.2, 0.25) is 0 Å². The minimum atomic E-state index is -0.677. The lowest BCUT2D eigenvalue weighted by Crippen LogP contribution is -2.30. The van der Waals surface area contributed by atoms with E-state index < -0.39 is 11.9 Å². The summed E-state index contributed by atoms with van der Waals surface area (Å²) in [7, 11) is 1.25. The zero-order valence-electron chi connectivity index (χ0n) is 21.7. The number of hydrogen-bond acceptors (Lipinski definition) is 5. The molecule has 0 aliphatic heterocycles. The number of benzene rings is 3. The number of amides is 2. The van der Waals surface area contributed by atoms with Gasteiger partial charge in [-0.2, -0.15) is 0 Å². The van der Waals surface area contributed by atoms with E-state index in [2.05, 4.69) is 15.6 Å². The monoisotopic (exact) mass is 507 g/mol. The number of nitrogens with one attached hydrogen (secondary N) is 2. The van der Waals surface area contributed by atoms with Crippen molar-refractivity contribution in [2.75, 3.05) is 7.11 Å². The SMILES string of the molecule is COC(=O)C(=Cc1ccncc1)NC(=O)c1c(C)cc(C(=O)N[C@H](C)c2cccc3ccccc23)cc1C. The molecule has 0 radical (unpaired) electrons.